The number of amides is 1. The molecule has 0 unspecified atom stereocenters. The number of hydrogen-bond donors (Lipinski definition) is 3. The molecule has 4 nitrogen and oxygen atoms in total. The van der Waals surface area contributed by atoms with Crippen molar-refractivity contribution in [3.8, 4) is 0 Å². The van der Waals surface area contributed by atoms with Crippen molar-refractivity contribution in [3.05, 3.63) is 0 Å². The topological polar surface area (TPSA) is 69.6 Å². The molecular formula is C9H17NO3. The van der Waals surface area contributed by atoms with Crippen LogP contribution in [-0.4, -0.2) is 34.4 Å². The minimum absolute atomic E-state index is 0.171. The molecule has 0 spiro atoms. The Morgan fingerprint density at radius 1 is 1.46 bits per heavy atom. The Balaban J connectivity index is 2.38. The smallest absolute Gasteiger partial charge is 0.248 e. The highest BCUT2D eigenvalue weighted by Crippen LogP contribution is 2.18. The third-order valence-electron chi connectivity index (χ3n) is 2.44. The van der Waals surface area contributed by atoms with Crippen molar-refractivity contribution in [2.45, 2.75) is 50.9 Å². The highest BCUT2D eigenvalue weighted by molar-refractivity contribution is 5.80. The molecule has 13 heavy (non-hydrogen) atoms. The molecule has 0 aromatic heterocycles. The van der Waals surface area contributed by atoms with Crippen molar-refractivity contribution in [2.24, 2.45) is 0 Å². The van der Waals surface area contributed by atoms with Gasteiger partial charge in [-0.25, -0.2) is 0 Å². The van der Waals surface area contributed by atoms with E-state index in [4.69, 9.17) is 5.11 Å². The zero-order valence-corrected chi connectivity index (χ0v) is 7.86. The first-order valence-corrected chi connectivity index (χ1v) is 4.78. The molecule has 1 saturated carbocycles. The lowest BCUT2D eigenvalue weighted by molar-refractivity contribution is -0.130. The van der Waals surface area contributed by atoms with Crippen LogP contribution in [0.4, 0.5) is 0 Å². The number of aliphatic hydroxyl groups is 2. The summed E-state index contributed by atoms with van der Waals surface area (Å²) in [6, 6.07) is -0.171. The van der Waals surface area contributed by atoms with Gasteiger partial charge in [-0.1, -0.05) is 12.8 Å². The minimum atomic E-state index is -0.992. The molecule has 0 aromatic rings. The summed E-state index contributed by atoms with van der Waals surface area (Å²) in [7, 11) is 0. The van der Waals surface area contributed by atoms with Crippen molar-refractivity contribution >= 4 is 5.91 Å². The summed E-state index contributed by atoms with van der Waals surface area (Å²) in [5, 5.41) is 21.1. The van der Waals surface area contributed by atoms with Crippen molar-refractivity contribution in [1.82, 2.24) is 5.32 Å². The average Bonchev–Trinajstić information content (AvgIpc) is 2.08. The molecule has 4 heteroatoms. The van der Waals surface area contributed by atoms with Crippen LogP contribution >= 0.6 is 0 Å². The van der Waals surface area contributed by atoms with E-state index in [1.165, 1.54) is 6.92 Å². The monoisotopic (exact) mass is 187 g/mol. The highest BCUT2D eigenvalue weighted by Gasteiger charge is 2.25. The maximum Gasteiger partial charge on any atom is 0.248 e. The lowest BCUT2D eigenvalue weighted by Gasteiger charge is -2.28. The van der Waals surface area contributed by atoms with Gasteiger partial charge in [-0.2, -0.15) is 0 Å². The molecular weight excluding hydrogens is 170 g/mol. The van der Waals surface area contributed by atoms with Crippen LogP contribution in [-0.2, 0) is 4.79 Å². The van der Waals surface area contributed by atoms with E-state index in [0.717, 1.165) is 25.7 Å². The molecule has 0 bridgehead atoms. The normalized spacial score (nSPS) is 31.0. The van der Waals surface area contributed by atoms with Crippen LogP contribution in [0.3, 0.4) is 0 Å². The van der Waals surface area contributed by atoms with E-state index < -0.39 is 18.1 Å². The first-order chi connectivity index (χ1) is 6.11. The summed E-state index contributed by atoms with van der Waals surface area (Å²) in [6.45, 7) is 1.42. The van der Waals surface area contributed by atoms with Crippen LogP contribution in [0, 0.1) is 0 Å². The lowest BCUT2D eigenvalue weighted by atomic mass is 9.92. The van der Waals surface area contributed by atoms with Crippen molar-refractivity contribution in [1.29, 1.82) is 0 Å². The van der Waals surface area contributed by atoms with E-state index >= 15 is 0 Å². The van der Waals surface area contributed by atoms with Crippen molar-refractivity contribution in [2.75, 3.05) is 0 Å². The molecule has 1 aliphatic rings. The van der Waals surface area contributed by atoms with Crippen LogP contribution in [0.25, 0.3) is 0 Å². The first-order valence-electron chi connectivity index (χ1n) is 4.78. The molecule has 1 rings (SSSR count). The Labute approximate surface area is 78.0 Å². The summed E-state index contributed by atoms with van der Waals surface area (Å²) >= 11 is 0. The predicted octanol–water partition coefficient (Wildman–Crippen LogP) is -0.213. The number of aliphatic hydroxyl groups excluding tert-OH is 2. The maximum absolute atomic E-state index is 11.1. The number of rotatable bonds is 2. The highest BCUT2D eigenvalue weighted by atomic mass is 16.3. The quantitative estimate of drug-likeness (QED) is 0.560. The second-order valence-corrected chi connectivity index (χ2v) is 3.64. The van der Waals surface area contributed by atoms with E-state index in [1.807, 2.05) is 0 Å². The fraction of sp³-hybridized carbons (Fsp3) is 0.889. The van der Waals surface area contributed by atoms with E-state index in [1.54, 1.807) is 0 Å². The number of nitrogens with one attached hydrogen (secondary N) is 1. The van der Waals surface area contributed by atoms with Gasteiger partial charge >= 0.3 is 0 Å². The SMILES string of the molecule is C[C@H](O)C(=O)N[C@@H]1CCCC[C@H]1O. The maximum atomic E-state index is 11.1. The first kappa shape index (κ1) is 10.5. The molecule has 76 valence electrons. The van der Waals surface area contributed by atoms with Crippen LogP contribution in [0.1, 0.15) is 32.6 Å². The Bertz CT molecular complexity index is 182. The molecule has 1 aliphatic carbocycles. The van der Waals surface area contributed by atoms with Gasteiger partial charge in [-0.15, -0.1) is 0 Å². The fourth-order valence-corrected chi connectivity index (χ4v) is 1.58. The zero-order chi connectivity index (χ0) is 9.84. The molecule has 1 amide bonds. The van der Waals surface area contributed by atoms with Gasteiger partial charge in [0.1, 0.15) is 6.10 Å². The third kappa shape index (κ3) is 2.97. The Hall–Kier alpha value is -0.610. The summed E-state index contributed by atoms with van der Waals surface area (Å²) in [5.74, 6) is -0.397. The minimum Gasteiger partial charge on any atom is -0.391 e. The second-order valence-electron chi connectivity index (χ2n) is 3.64. The molecule has 0 radical (unpaired) electrons. The molecule has 3 atom stereocenters. The summed E-state index contributed by atoms with van der Waals surface area (Å²) < 4.78 is 0. The Morgan fingerprint density at radius 2 is 2.08 bits per heavy atom. The van der Waals surface area contributed by atoms with Crippen LogP contribution in [0.5, 0.6) is 0 Å². The van der Waals surface area contributed by atoms with E-state index in [9.17, 15) is 9.90 Å². The molecule has 0 saturated heterocycles. The van der Waals surface area contributed by atoms with Crippen LogP contribution < -0.4 is 5.32 Å². The average molecular weight is 187 g/mol. The second kappa shape index (κ2) is 4.58. The lowest BCUT2D eigenvalue weighted by Crippen LogP contribution is -2.47. The van der Waals surface area contributed by atoms with E-state index in [-0.39, 0.29) is 6.04 Å². The van der Waals surface area contributed by atoms with E-state index in [2.05, 4.69) is 5.32 Å². The van der Waals surface area contributed by atoms with Gasteiger partial charge in [-0.3, -0.25) is 4.79 Å². The number of carbonyl (C=O) groups is 1. The van der Waals surface area contributed by atoms with Gasteiger partial charge in [0.2, 0.25) is 5.91 Å². The van der Waals surface area contributed by atoms with E-state index in [0.29, 0.717) is 0 Å². The largest absolute Gasteiger partial charge is 0.391 e. The zero-order valence-electron chi connectivity index (χ0n) is 7.86. The number of carbonyl (C=O) groups excluding carboxylic acids is 1. The van der Waals surface area contributed by atoms with Gasteiger partial charge in [0.05, 0.1) is 12.1 Å². The van der Waals surface area contributed by atoms with Gasteiger partial charge in [0.15, 0.2) is 0 Å². The van der Waals surface area contributed by atoms with Crippen LogP contribution in [0.15, 0.2) is 0 Å². The number of hydrogen-bond acceptors (Lipinski definition) is 3. The summed E-state index contributed by atoms with van der Waals surface area (Å²) in [5.41, 5.74) is 0. The molecule has 0 heterocycles. The fourth-order valence-electron chi connectivity index (χ4n) is 1.58. The Kier molecular flexibility index (Phi) is 3.69. The van der Waals surface area contributed by atoms with Crippen molar-refractivity contribution in [3.63, 3.8) is 0 Å². The van der Waals surface area contributed by atoms with Gasteiger partial charge in [0.25, 0.3) is 0 Å². The summed E-state index contributed by atoms with van der Waals surface area (Å²) in [6.07, 6.45) is 2.15. The van der Waals surface area contributed by atoms with Gasteiger partial charge in [0, 0.05) is 0 Å². The van der Waals surface area contributed by atoms with Gasteiger partial charge < -0.3 is 15.5 Å². The van der Waals surface area contributed by atoms with Crippen LogP contribution in [0.2, 0.25) is 0 Å². The third-order valence-corrected chi connectivity index (χ3v) is 2.44. The molecule has 1 fully saturated rings. The molecule has 0 aromatic carbocycles. The predicted molar refractivity (Wildman–Crippen MR) is 48.1 cm³/mol. The Morgan fingerprint density at radius 3 is 2.62 bits per heavy atom. The van der Waals surface area contributed by atoms with Crippen molar-refractivity contribution < 1.29 is 15.0 Å². The van der Waals surface area contributed by atoms with Gasteiger partial charge in [-0.05, 0) is 19.8 Å². The molecule has 3 N–H and O–H groups in total. The standard InChI is InChI=1S/C9H17NO3/c1-6(11)9(13)10-7-4-2-3-5-8(7)12/h6-8,11-12H,2-5H2,1H3,(H,10,13)/t6-,7+,8+/m0/s1. The summed E-state index contributed by atoms with van der Waals surface area (Å²) in [4.78, 5) is 11.1. The molecule has 0 aliphatic heterocycles.